The molecule has 0 saturated heterocycles. The summed E-state index contributed by atoms with van der Waals surface area (Å²) in [4.78, 5) is 4.51. The van der Waals surface area contributed by atoms with Gasteiger partial charge in [-0.25, -0.2) is 0 Å². The molecule has 130 valence electrons. The van der Waals surface area contributed by atoms with Crippen molar-refractivity contribution in [2.45, 2.75) is 44.4 Å². The number of nitrogens with zero attached hydrogens (tertiary/aromatic N) is 2. The second kappa shape index (κ2) is 9.57. The minimum atomic E-state index is -4.02. The molecule has 0 radical (unpaired) electrons. The number of rotatable bonds is 6. The Kier molecular flexibility index (Phi) is 8.12. The molecule has 0 spiro atoms. The van der Waals surface area contributed by atoms with Gasteiger partial charge in [0.15, 0.2) is 0 Å². The van der Waals surface area contributed by atoms with Crippen LogP contribution in [-0.2, 0) is 10.1 Å². The standard InChI is InChI=1S/C10H20N2.C7H8O3S/c1-3-4-5-6-7-12-9-8-11(2)10-12;1-6-2-4-7(5-3-6)11(8,9)10/h8-9H,3-7,10H2,1-2H3;2-5H,1H3,(H,8,9,10). The summed E-state index contributed by atoms with van der Waals surface area (Å²) in [6.45, 7) is 6.39. The molecular weight excluding hydrogens is 312 g/mol. The first-order chi connectivity index (χ1) is 10.8. The Morgan fingerprint density at radius 1 is 1.09 bits per heavy atom. The summed E-state index contributed by atoms with van der Waals surface area (Å²) in [6, 6.07) is 5.99. The normalized spacial score (nSPS) is 13.9. The third kappa shape index (κ3) is 8.04. The van der Waals surface area contributed by atoms with E-state index in [-0.39, 0.29) is 4.90 Å². The molecule has 6 heteroatoms. The van der Waals surface area contributed by atoms with Gasteiger partial charge in [-0.2, -0.15) is 8.42 Å². The maximum Gasteiger partial charge on any atom is 0.294 e. The van der Waals surface area contributed by atoms with Crippen molar-refractivity contribution in [1.29, 1.82) is 0 Å². The Hall–Kier alpha value is -1.53. The molecule has 1 aromatic rings. The van der Waals surface area contributed by atoms with E-state index in [0.717, 1.165) is 12.2 Å². The summed E-state index contributed by atoms with van der Waals surface area (Å²) in [7, 11) is -1.91. The molecular formula is C17H28N2O3S. The predicted octanol–water partition coefficient (Wildman–Crippen LogP) is 3.48. The van der Waals surface area contributed by atoms with Crippen molar-refractivity contribution in [3.63, 3.8) is 0 Å². The summed E-state index contributed by atoms with van der Waals surface area (Å²) in [5, 5.41) is 0. The van der Waals surface area contributed by atoms with Crippen molar-refractivity contribution >= 4 is 10.1 Å². The van der Waals surface area contributed by atoms with Gasteiger partial charge in [-0.1, -0.05) is 43.9 Å². The molecule has 0 fully saturated rings. The fourth-order valence-corrected chi connectivity index (χ4v) is 2.67. The van der Waals surface area contributed by atoms with Crippen molar-refractivity contribution in [1.82, 2.24) is 9.80 Å². The Morgan fingerprint density at radius 3 is 2.22 bits per heavy atom. The van der Waals surface area contributed by atoms with Crippen LogP contribution in [0.1, 0.15) is 38.2 Å². The molecule has 1 aliphatic rings. The van der Waals surface area contributed by atoms with Gasteiger partial charge in [0.1, 0.15) is 0 Å². The van der Waals surface area contributed by atoms with Gasteiger partial charge in [-0.15, -0.1) is 0 Å². The van der Waals surface area contributed by atoms with E-state index in [1.54, 1.807) is 12.1 Å². The Morgan fingerprint density at radius 2 is 1.74 bits per heavy atom. The molecule has 0 atom stereocenters. The molecule has 0 aliphatic carbocycles. The first-order valence-electron chi connectivity index (χ1n) is 7.99. The fraction of sp³-hybridized carbons (Fsp3) is 0.529. The van der Waals surface area contributed by atoms with Crippen LogP contribution in [0.3, 0.4) is 0 Å². The number of unbranched alkanes of at least 4 members (excludes halogenated alkanes) is 3. The minimum Gasteiger partial charge on any atom is -0.362 e. The molecule has 2 rings (SSSR count). The van der Waals surface area contributed by atoms with E-state index in [1.807, 2.05) is 6.92 Å². The average molecular weight is 340 g/mol. The topological polar surface area (TPSA) is 60.9 Å². The van der Waals surface area contributed by atoms with Crippen LogP contribution >= 0.6 is 0 Å². The maximum atomic E-state index is 10.5. The van der Waals surface area contributed by atoms with Crippen LogP contribution in [0.15, 0.2) is 41.6 Å². The van der Waals surface area contributed by atoms with Gasteiger partial charge in [0.05, 0.1) is 11.6 Å². The molecule has 1 aliphatic heterocycles. The summed E-state index contributed by atoms with van der Waals surface area (Å²) < 4.78 is 29.6. The van der Waals surface area contributed by atoms with Gasteiger partial charge in [-0.05, 0) is 25.5 Å². The monoisotopic (exact) mass is 340 g/mol. The van der Waals surface area contributed by atoms with E-state index in [4.69, 9.17) is 4.55 Å². The third-order valence-electron chi connectivity index (χ3n) is 3.55. The molecule has 23 heavy (non-hydrogen) atoms. The van der Waals surface area contributed by atoms with E-state index in [2.05, 4.69) is 36.2 Å². The lowest BCUT2D eigenvalue weighted by Crippen LogP contribution is -2.23. The van der Waals surface area contributed by atoms with Gasteiger partial charge < -0.3 is 9.80 Å². The first-order valence-corrected chi connectivity index (χ1v) is 9.43. The van der Waals surface area contributed by atoms with Crippen molar-refractivity contribution in [2.24, 2.45) is 0 Å². The van der Waals surface area contributed by atoms with Gasteiger partial charge in [0.25, 0.3) is 10.1 Å². The highest BCUT2D eigenvalue weighted by Crippen LogP contribution is 2.08. The summed E-state index contributed by atoms with van der Waals surface area (Å²) in [5.41, 5.74) is 0.956. The van der Waals surface area contributed by atoms with Crippen molar-refractivity contribution < 1.29 is 13.0 Å². The highest BCUT2D eigenvalue weighted by molar-refractivity contribution is 7.85. The van der Waals surface area contributed by atoms with E-state index in [0.29, 0.717) is 0 Å². The minimum absolute atomic E-state index is 0.0666. The molecule has 1 aromatic carbocycles. The number of aryl methyl sites for hydroxylation is 1. The lowest BCUT2D eigenvalue weighted by Gasteiger charge is -2.17. The Labute approximate surface area is 140 Å². The Balaban J connectivity index is 0.000000231. The van der Waals surface area contributed by atoms with E-state index in [9.17, 15) is 8.42 Å². The van der Waals surface area contributed by atoms with Crippen LogP contribution in [0, 0.1) is 6.92 Å². The van der Waals surface area contributed by atoms with Crippen LogP contribution < -0.4 is 0 Å². The molecule has 1 N–H and O–H groups in total. The van der Waals surface area contributed by atoms with Crippen LogP contribution in [0.4, 0.5) is 0 Å². The highest BCUT2D eigenvalue weighted by Gasteiger charge is 2.07. The molecule has 5 nitrogen and oxygen atoms in total. The van der Waals surface area contributed by atoms with Crippen LogP contribution in [0.5, 0.6) is 0 Å². The van der Waals surface area contributed by atoms with Gasteiger partial charge in [0, 0.05) is 26.0 Å². The zero-order valence-corrected chi connectivity index (χ0v) is 15.1. The number of hydrogen-bond acceptors (Lipinski definition) is 4. The van der Waals surface area contributed by atoms with E-state index < -0.39 is 10.1 Å². The van der Waals surface area contributed by atoms with Crippen LogP contribution in [-0.4, -0.2) is 43.0 Å². The number of hydrogen-bond donors (Lipinski definition) is 1. The van der Waals surface area contributed by atoms with Crippen molar-refractivity contribution in [2.75, 3.05) is 20.3 Å². The first kappa shape index (κ1) is 19.5. The zero-order valence-electron chi connectivity index (χ0n) is 14.3. The third-order valence-corrected chi connectivity index (χ3v) is 4.42. The SMILES string of the molecule is CCCCCCN1C=CN(C)C1.Cc1ccc(S(=O)(=O)O)cc1. The van der Waals surface area contributed by atoms with Gasteiger partial charge in [-0.3, -0.25) is 4.55 Å². The lowest BCUT2D eigenvalue weighted by atomic mass is 10.2. The zero-order chi connectivity index (χ0) is 17.3. The molecule has 0 bridgehead atoms. The molecule has 0 saturated carbocycles. The van der Waals surface area contributed by atoms with Crippen molar-refractivity contribution in [3.05, 3.63) is 42.2 Å². The number of benzene rings is 1. The predicted molar refractivity (Wildman–Crippen MR) is 93.6 cm³/mol. The highest BCUT2D eigenvalue weighted by atomic mass is 32.2. The average Bonchev–Trinajstić information content (AvgIpc) is 2.89. The molecule has 0 amide bonds. The van der Waals surface area contributed by atoms with Crippen LogP contribution in [0.2, 0.25) is 0 Å². The van der Waals surface area contributed by atoms with Gasteiger partial charge in [0.2, 0.25) is 0 Å². The second-order valence-electron chi connectivity index (χ2n) is 5.86. The lowest BCUT2D eigenvalue weighted by molar-refractivity contribution is 0.291. The van der Waals surface area contributed by atoms with E-state index in [1.165, 1.54) is 44.4 Å². The fourth-order valence-electron chi connectivity index (χ4n) is 2.19. The summed E-state index contributed by atoms with van der Waals surface area (Å²) in [5.74, 6) is 0. The second-order valence-corrected chi connectivity index (χ2v) is 7.28. The Bertz CT molecular complexity index is 582. The molecule has 0 aromatic heterocycles. The van der Waals surface area contributed by atoms with Crippen molar-refractivity contribution in [3.8, 4) is 0 Å². The van der Waals surface area contributed by atoms with Gasteiger partial charge >= 0.3 is 0 Å². The largest absolute Gasteiger partial charge is 0.362 e. The summed E-state index contributed by atoms with van der Waals surface area (Å²) >= 11 is 0. The smallest absolute Gasteiger partial charge is 0.294 e. The molecule has 1 heterocycles. The van der Waals surface area contributed by atoms with E-state index >= 15 is 0 Å². The maximum absolute atomic E-state index is 10.5. The summed E-state index contributed by atoms with van der Waals surface area (Å²) in [6.07, 6.45) is 9.76. The molecule has 0 unspecified atom stereocenters. The van der Waals surface area contributed by atoms with Crippen LogP contribution in [0.25, 0.3) is 0 Å². The quantitative estimate of drug-likeness (QED) is 0.634.